The van der Waals surface area contributed by atoms with E-state index in [2.05, 4.69) is 21.9 Å². The minimum atomic E-state index is 0.0249. The summed E-state index contributed by atoms with van der Waals surface area (Å²) in [6, 6.07) is 9.60. The number of aryl methyl sites for hydroxylation is 1. The summed E-state index contributed by atoms with van der Waals surface area (Å²) < 4.78 is 12.5. The fourth-order valence-electron chi connectivity index (χ4n) is 3.90. The van der Waals surface area contributed by atoms with Crippen molar-refractivity contribution in [2.45, 2.75) is 18.8 Å². The fourth-order valence-corrected chi connectivity index (χ4v) is 4.64. The van der Waals surface area contributed by atoms with Crippen LogP contribution in [0.25, 0.3) is 11.3 Å². The van der Waals surface area contributed by atoms with Gasteiger partial charge in [0.2, 0.25) is 0 Å². The van der Waals surface area contributed by atoms with Crippen LogP contribution in [0, 0.1) is 0 Å². The molecule has 0 N–H and O–H groups in total. The van der Waals surface area contributed by atoms with Crippen molar-refractivity contribution >= 4 is 17.2 Å². The van der Waals surface area contributed by atoms with Crippen LogP contribution in [-0.2, 0) is 7.05 Å². The van der Waals surface area contributed by atoms with E-state index in [1.807, 2.05) is 36.2 Å². The molecule has 0 unspecified atom stereocenters. The van der Waals surface area contributed by atoms with Crippen molar-refractivity contribution in [1.82, 2.24) is 14.7 Å². The van der Waals surface area contributed by atoms with Gasteiger partial charge in [-0.1, -0.05) is 0 Å². The zero-order chi connectivity index (χ0) is 20.4. The normalized spacial score (nSPS) is 14.8. The van der Waals surface area contributed by atoms with Crippen LogP contribution in [-0.4, -0.2) is 47.9 Å². The highest BCUT2D eigenvalue weighted by molar-refractivity contribution is 7.07. The van der Waals surface area contributed by atoms with Crippen molar-refractivity contribution in [2.24, 2.45) is 7.05 Å². The van der Waals surface area contributed by atoms with Crippen LogP contribution in [0.5, 0.6) is 11.5 Å². The van der Waals surface area contributed by atoms with Crippen LogP contribution in [0.1, 0.15) is 34.8 Å². The topological polar surface area (TPSA) is 56.6 Å². The maximum absolute atomic E-state index is 13.1. The lowest BCUT2D eigenvalue weighted by molar-refractivity contribution is 0.0702. The third-order valence-electron chi connectivity index (χ3n) is 5.58. The molecule has 1 aliphatic rings. The Labute approximate surface area is 174 Å². The van der Waals surface area contributed by atoms with Crippen molar-refractivity contribution < 1.29 is 14.3 Å². The Morgan fingerprint density at radius 3 is 2.59 bits per heavy atom. The number of hydrogen-bond acceptors (Lipinski definition) is 5. The smallest absolute Gasteiger partial charge is 0.272 e. The minimum absolute atomic E-state index is 0.0249. The van der Waals surface area contributed by atoms with Crippen molar-refractivity contribution in [1.29, 1.82) is 0 Å². The van der Waals surface area contributed by atoms with E-state index >= 15 is 0 Å². The van der Waals surface area contributed by atoms with Crippen LogP contribution in [0.4, 0.5) is 0 Å². The average molecular weight is 412 g/mol. The molecular weight excluding hydrogens is 386 g/mol. The Morgan fingerprint density at radius 2 is 1.93 bits per heavy atom. The molecule has 6 nitrogen and oxygen atoms in total. The molecule has 0 atom stereocenters. The third-order valence-corrected chi connectivity index (χ3v) is 6.28. The number of ether oxygens (including phenoxy) is 2. The molecule has 1 fully saturated rings. The first-order valence-electron chi connectivity index (χ1n) is 9.68. The van der Waals surface area contributed by atoms with Crippen molar-refractivity contribution in [3.05, 3.63) is 52.3 Å². The average Bonchev–Trinajstić information content (AvgIpc) is 3.43. The SMILES string of the molecule is COc1ccc(OC)c(-c2cc(C(=O)N3CCC(c4ccsc4)CC3)n(C)n2)c1. The Morgan fingerprint density at radius 1 is 1.14 bits per heavy atom. The molecule has 0 spiro atoms. The number of nitrogens with zero attached hydrogens (tertiary/aromatic N) is 3. The first-order valence-corrected chi connectivity index (χ1v) is 10.6. The van der Waals surface area contributed by atoms with E-state index in [9.17, 15) is 4.79 Å². The van der Waals surface area contributed by atoms with Crippen LogP contribution in [0.2, 0.25) is 0 Å². The molecule has 1 aliphatic heterocycles. The van der Waals surface area contributed by atoms with Crippen molar-refractivity contribution in [3.63, 3.8) is 0 Å². The Balaban J connectivity index is 1.53. The van der Waals surface area contributed by atoms with E-state index in [-0.39, 0.29) is 5.91 Å². The standard InChI is InChI=1S/C22H25N3O3S/c1-24-20(13-19(23-24)18-12-17(27-2)4-5-21(18)28-3)22(26)25-9-6-15(7-10-25)16-8-11-29-14-16/h4-5,8,11-15H,6-7,9-10H2,1-3H3. The predicted molar refractivity (Wildman–Crippen MR) is 114 cm³/mol. The van der Waals surface area contributed by atoms with E-state index in [4.69, 9.17) is 9.47 Å². The second-order valence-corrected chi connectivity index (χ2v) is 8.01. The molecule has 0 saturated carbocycles. The van der Waals surface area contributed by atoms with Crippen LogP contribution < -0.4 is 9.47 Å². The largest absolute Gasteiger partial charge is 0.497 e. The molecule has 2 aromatic heterocycles. The monoisotopic (exact) mass is 411 g/mol. The number of benzene rings is 1. The van der Waals surface area contributed by atoms with Crippen LogP contribution in [0.15, 0.2) is 41.1 Å². The first kappa shape index (κ1) is 19.5. The van der Waals surface area contributed by atoms with E-state index in [0.29, 0.717) is 23.1 Å². The summed E-state index contributed by atoms with van der Waals surface area (Å²) in [5.74, 6) is 1.99. The maximum atomic E-state index is 13.1. The van der Waals surface area contributed by atoms with Crippen molar-refractivity contribution in [3.8, 4) is 22.8 Å². The van der Waals surface area contributed by atoms with Gasteiger partial charge in [-0.3, -0.25) is 9.48 Å². The van der Waals surface area contributed by atoms with Crippen molar-refractivity contribution in [2.75, 3.05) is 27.3 Å². The number of carbonyl (C=O) groups is 1. The van der Waals surface area contributed by atoms with Gasteiger partial charge in [0.05, 0.1) is 19.9 Å². The van der Waals surface area contributed by atoms with E-state index < -0.39 is 0 Å². The molecule has 0 aliphatic carbocycles. The lowest BCUT2D eigenvalue weighted by Gasteiger charge is -2.31. The predicted octanol–water partition coefficient (Wildman–Crippen LogP) is 4.19. The molecule has 1 aromatic carbocycles. The zero-order valence-corrected chi connectivity index (χ0v) is 17.7. The molecule has 29 heavy (non-hydrogen) atoms. The molecule has 4 rings (SSSR count). The van der Waals surface area contributed by atoms with Gasteiger partial charge >= 0.3 is 0 Å². The number of methoxy groups -OCH3 is 2. The van der Waals surface area contributed by atoms with Crippen LogP contribution in [0.3, 0.4) is 0 Å². The van der Waals surface area contributed by atoms with Gasteiger partial charge in [0, 0.05) is 25.7 Å². The number of aromatic nitrogens is 2. The molecule has 3 aromatic rings. The van der Waals surface area contributed by atoms with Gasteiger partial charge in [-0.15, -0.1) is 0 Å². The second-order valence-electron chi connectivity index (χ2n) is 7.23. The number of carbonyl (C=O) groups excluding carboxylic acids is 1. The van der Waals surface area contributed by atoms with Gasteiger partial charge in [0.1, 0.15) is 17.2 Å². The number of likely N-dealkylation sites (tertiary alicyclic amines) is 1. The first-order chi connectivity index (χ1) is 14.1. The summed E-state index contributed by atoms with van der Waals surface area (Å²) in [5, 5.41) is 8.91. The number of hydrogen-bond donors (Lipinski definition) is 0. The van der Waals surface area contributed by atoms with E-state index in [1.165, 1.54) is 5.56 Å². The molecule has 1 amide bonds. The molecule has 7 heteroatoms. The Hall–Kier alpha value is -2.80. The summed E-state index contributed by atoms with van der Waals surface area (Å²) in [4.78, 5) is 15.1. The Kier molecular flexibility index (Phi) is 5.58. The quantitative estimate of drug-likeness (QED) is 0.632. The van der Waals surface area contributed by atoms with Crippen LogP contribution >= 0.6 is 11.3 Å². The third kappa shape index (κ3) is 3.87. The second kappa shape index (κ2) is 8.29. The molecule has 3 heterocycles. The summed E-state index contributed by atoms with van der Waals surface area (Å²) >= 11 is 1.73. The van der Waals surface area contributed by atoms with Gasteiger partial charge in [-0.2, -0.15) is 16.4 Å². The van der Waals surface area contributed by atoms with Gasteiger partial charge in [-0.05, 0) is 65.4 Å². The van der Waals surface area contributed by atoms with Gasteiger partial charge in [0.25, 0.3) is 5.91 Å². The summed E-state index contributed by atoms with van der Waals surface area (Å²) in [7, 11) is 5.05. The summed E-state index contributed by atoms with van der Waals surface area (Å²) in [5.41, 5.74) is 3.48. The molecule has 0 radical (unpaired) electrons. The highest BCUT2D eigenvalue weighted by Crippen LogP contribution is 2.34. The summed E-state index contributed by atoms with van der Waals surface area (Å²) in [6.45, 7) is 1.53. The number of thiophene rings is 1. The molecule has 152 valence electrons. The number of rotatable bonds is 5. The van der Waals surface area contributed by atoms with Gasteiger partial charge in [-0.25, -0.2) is 0 Å². The fraction of sp³-hybridized carbons (Fsp3) is 0.364. The van der Waals surface area contributed by atoms with Gasteiger partial charge in [0.15, 0.2) is 0 Å². The van der Waals surface area contributed by atoms with E-state index in [0.717, 1.165) is 37.2 Å². The highest BCUT2D eigenvalue weighted by Gasteiger charge is 2.27. The minimum Gasteiger partial charge on any atom is -0.497 e. The molecule has 0 bridgehead atoms. The number of piperidine rings is 1. The Bertz CT molecular complexity index is 989. The van der Waals surface area contributed by atoms with Gasteiger partial charge < -0.3 is 14.4 Å². The lowest BCUT2D eigenvalue weighted by Crippen LogP contribution is -2.38. The maximum Gasteiger partial charge on any atom is 0.272 e. The highest BCUT2D eigenvalue weighted by atomic mass is 32.1. The summed E-state index contributed by atoms with van der Waals surface area (Å²) in [6.07, 6.45) is 1.99. The zero-order valence-electron chi connectivity index (χ0n) is 16.9. The lowest BCUT2D eigenvalue weighted by atomic mass is 9.91. The molecular formula is C22H25N3O3S. The van der Waals surface area contributed by atoms with E-state index in [1.54, 1.807) is 30.2 Å². The molecule has 1 saturated heterocycles. The number of amides is 1.